The minimum atomic E-state index is -4.69. The van der Waals surface area contributed by atoms with Gasteiger partial charge in [0.05, 0.1) is 11.1 Å². The van der Waals surface area contributed by atoms with Crippen LogP contribution in [-0.2, 0) is 7.05 Å². The van der Waals surface area contributed by atoms with Crippen molar-refractivity contribution in [3.05, 3.63) is 46.6 Å². The van der Waals surface area contributed by atoms with Gasteiger partial charge in [-0.25, -0.2) is 13.2 Å². The number of fused-ring (bicyclic) bond motifs is 1. The van der Waals surface area contributed by atoms with E-state index < -0.39 is 51.9 Å². The maximum atomic E-state index is 14.2. The molecule has 0 N–H and O–H groups in total. The highest BCUT2D eigenvalue weighted by molar-refractivity contribution is 6.32. The second kappa shape index (κ2) is 6.31. The van der Waals surface area contributed by atoms with Crippen LogP contribution in [0.1, 0.15) is 0 Å². The highest BCUT2D eigenvalue weighted by Crippen LogP contribution is 2.29. The molecule has 26 heavy (non-hydrogen) atoms. The summed E-state index contributed by atoms with van der Waals surface area (Å²) in [5.41, 5.74) is -1.99. The van der Waals surface area contributed by atoms with E-state index in [1.54, 1.807) is 0 Å². The maximum Gasteiger partial charge on any atom is 0.408 e. The van der Waals surface area contributed by atoms with Crippen molar-refractivity contribution in [2.45, 2.75) is 6.18 Å². The van der Waals surface area contributed by atoms with Crippen LogP contribution in [0.15, 0.2) is 23.5 Å². The Kier molecular flexibility index (Phi) is 4.42. The van der Waals surface area contributed by atoms with E-state index in [4.69, 9.17) is 11.6 Å². The standard InChI is InChI=1S/C14H8ClF6N5/c1-25-5-23-26-12(22-4-14(19,20)21)10(11(15)24-13(25)26)9-7(17)2-6(16)3-8(9)18/h2-3,5H,4H2,1H3/b22-12+. The van der Waals surface area contributed by atoms with Crippen molar-refractivity contribution < 1.29 is 26.3 Å². The van der Waals surface area contributed by atoms with Crippen LogP contribution >= 0.6 is 11.6 Å². The van der Waals surface area contributed by atoms with Gasteiger partial charge >= 0.3 is 6.18 Å². The summed E-state index contributed by atoms with van der Waals surface area (Å²) in [7, 11) is 1.48. The molecule has 2 aromatic heterocycles. The lowest BCUT2D eigenvalue weighted by Crippen LogP contribution is -2.25. The molecule has 0 aliphatic carbocycles. The monoisotopic (exact) mass is 395 g/mol. The van der Waals surface area contributed by atoms with Crippen molar-refractivity contribution in [3.8, 4) is 11.1 Å². The zero-order chi connectivity index (χ0) is 19.2. The minimum absolute atomic E-state index is 0.0115. The molecule has 0 aliphatic rings. The largest absolute Gasteiger partial charge is 0.408 e. The van der Waals surface area contributed by atoms with E-state index in [-0.39, 0.29) is 5.78 Å². The first-order chi connectivity index (χ1) is 12.1. The van der Waals surface area contributed by atoms with Gasteiger partial charge in [0.2, 0.25) is 5.78 Å². The fourth-order valence-corrected chi connectivity index (χ4v) is 2.56. The number of aryl methyl sites for hydroxylation is 1. The van der Waals surface area contributed by atoms with Crippen molar-refractivity contribution in [2.24, 2.45) is 12.0 Å². The molecule has 0 unspecified atom stereocenters. The van der Waals surface area contributed by atoms with Gasteiger partial charge in [0, 0.05) is 19.2 Å². The van der Waals surface area contributed by atoms with E-state index in [0.29, 0.717) is 12.1 Å². The Balaban J connectivity index is 2.44. The Morgan fingerprint density at radius 2 is 1.73 bits per heavy atom. The van der Waals surface area contributed by atoms with Gasteiger partial charge in [-0.2, -0.15) is 27.8 Å². The van der Waals surface area contributed by atoms with Crippen LogP contribution in [0.3, 0.4) is 0 Å². The van der Waals surface area contributed by atoms with Crippen LogP contribution in [0.5, 0.6) is 0 Å². The second-order valence-electron chi connectivity index (χ2n) is 5.23. The van der Waals surface area contributed by atoms with Crippen LogP contribution in [-0.4, -0.2) is 31.9 Å². The lowest BCUT2D eigenvalue weighted by Gasteiger charge is -2.10. The first-order valence-corrected chi connectivity index (χ1v) is 7.28. The third-order valence-electron chi connectivity index (χ3n) is 3.34. The minimum Gasteiger partial charge on any atom is -0.303 e. The quantitative estimate of drug-likeness (QED) is 0.494. The van der Waals surface area contributed by atoms with E-state index in [2.05, 4.69) is 15.1 Å². The van der Waals surface area contributed by atoms with E-state index in [0.717, 1.165) is 4.52 Å². The van der Waals surface area contributed by atoms with Crippen molar-refractivity contribution >= 4 is 17.4 Å². The molecular formula is C14H8ClF6N5. The topological polar surface area (TPSA) is 47.5 Å². The van der Waals surface area contributed by atoms with Crippen molar-refractivity contribution in [1.82, 2.24) is 19.2 Å². The summed E-state index contributed by atoms with van der Waals surface area (Å²) < 4.78 is 81.5. The fraction of sp³-hybridized carbons (Fsp3) is 0.214. The zero-order valence-corrected chi connectivity index (χ0v) is 13.6. The number of benzene rings is 1. The molecule has 2 heterocycles. The number of alkyl halides is 3. The number of aromatic nitrogens is 4. The molecule has 1 aromatic carbocycles. The van der Waals surface area contributed by atoms with Gasteiger partial charge < -0.3 is 4.57 Å². The number of halogens is 7. The Labute approximate surface area is 146 Å². The average Bonchev–Trinajstić information content (AvgIpc) is 2.85. The summed E-state index contributed by atoms with van der Waals surface area (Å²) >= 11 is 5.97. The predicted octanol–water partition coefficient (Wildman–Crippen LogP) is 3.27. The SMILES string of the molecule is Cn1cnn2/c(=N/CC(F)(F)F)c(-c3c(F)cc(F)cc3F)c(Cl)nc12. The lowest BCUT2D eigenvalue weighted by atomic mass is 10.1. The Morgan fingerprint density at radius 3 is 2.31 bits per heavy atom. The zero-order valence-electron chi connectivity index (χ0n) is 12.8. The van der Waals surface area contributed by atoms with Crippen LogP contribution in [0, 0.1) is 17.5 Å². The normalized spacial score (nSPS) is 13.0. The van der Waals surface area contributed by atoms with E-state index in [9.17, 15) is 26.3 Å². The molecule has 0 radical (unpaired) electrons. The van der Waals surface area contributed by atoms with Crippen LogP contribution in [0.2, 0.25) is 5.15 Å². The molecule has 0 saturated carbocycles. The van der Waals surface area contributed by atoms with Gasteiger partial charge in [0.15, 0.2) is 5.49 Å². The number of nitrogens with zero attached hydrogens (tertiary/aromatic N) is 5. The Morgan fingerprint density at radius 1 is 1.12 bits per heavy atom. The van der Waals surface area contributed by atoms with Crippen LogP contribution in [0.25, 0.3) is 16.9 Å². The average molecular weight is 396 g/mol. The van der Waals surface area contributed by atoms with Gasteiger partial charge in [-0.3, -0.25) is 4.99 Å². The van der Waals surface area contributed by atoms with E-state index in [1.807, 2.05) is 0 Å². The van der Waals surface area contributed by atoms with Crippen molar-refractivity contribution in [1.29, 1.82) is 0 Å². The molecule has 0 aliphatic heterocycles. The maximum absolute atomic E-state index is 14.2. The first kappa shape index (κ1) is 18.2. The third kappa shape index (κ3) is 3.26. The van der Waals surface area contributed by atoms with Gasteiger partial charge in [-0.1, -0.05) is 11.6 Å². The van der Waals surface area contributed by atoms with Crippen molar-refractivity contribution in [3.63, 3.8) is 0 Å². The summed E-state index contributed by atoms with van der Waals surface area (Å²) in [6.45, 7) is -1.65. The molecule has 0 amide bonds. The van der Waals surface area contributed by atoms with E-state index >= 15 is 0 Å². The van der Waals surface area contributed by atoms with E-state index in [1.165, 1.54) is 17.9 Å². The summed E-state index contributed by atoms with van der Waals surface area (Å²) in [6, 6.07) is 0.741. The molecule has 5 nitrogen and oxygen atoms in total. The number of rotatable bonds is 2. The highest BCUT2D eigenvalue weighted by atomic mass is 35.5. The smallest absolute Gasteiger partial charge is 0.303 e. The Bertz CT molecular complexity index is 1050. The molecule has 12 heteroatoms. The molecule has 0 saturated heterocycles. The van der Waals surface area contributed by atoms with Gasteiger partial charge in [0.25, 0.3) is 0 Å². The van der Waals surface area contributed by atoms with Gasteiger partial charge in [-0.05, 0) is 0 Å². The highest BCUT2D eigenvalue weighted by Gasteiger charge is 2.28. The summed E-state index contributed by atoms with van der Waals surface area (Å²) in [5.74, 6) is -3.95. The molecule has 0 spiro atoms. The lowest BCUT2D eigenvalue weighted by molar-refractivity contribution is -0.118. The van der Waals surface area contributed by atoms with Crippen LogP contribution < -0.4 is 5.49 Å². The first-order valence-electron chi connectivity index (χ1n) is 6.90. The summed E-state index contributed by atoms with van der Waals surface area (Å²) in [5, 5.41) is 3.29. The number of hydrogen-bond acceptors (Lipinski definition) is 3. The summed E-state index contributed by atoms with van der Waals surface area (Å²) in [6.07, 6.45) is -3.49. The Hall–Kier alpha value is -2.56. The molecule has 3 aromatic rings. The number of hydrogen-bond donors (Lipinski definition) is 0. The van der Waals surface area contributed by atoms with Crippen LogP contribution in [0.4, 0.5) is 26.3 Å². The van der Waals surface area contributed by atoms with Gasteiger partial charge in [-0.15, -0.1) is 0 Å². The summed E-state index contributed by atoms with van der Waals surface area (Å²) in [4.78, 5) is 7.25. The second-order valence-corrected chi connectivity index (χ2v) is 5.59. The molecular weight excluding hydrogens is 388 g/mol. The molecule has 3 rings (SSSR count). The van der Waals surface area contributed by atoms with Gasteiger partial charge in [0.1, 0.15) is 35.5 Å². The predicted molar refractivity (Wildman–Crippen MR) is 78.8 cm³/mol. The molecule has 0 atom stereocenters. The molecule has 0 fully saturated rings. The fourth-order valence-electron chi connectivity index (χ4n) is 2.31. The molecule has 138 valence electrons. The molecule has 0 bridgehead atoms. The van der Waals surface area contributed by atoms with Crippen molar-refractivity contribution in [2.75, 3.05) is 6.54 Å². The third-order valence-corrected chi connectivity index (χ3v) is 3.61.